The first-order chi connectivity index (χ1) is 10.4. The number of hydrogen-bond acceptors (Lipinski definition) is 4. The lowest BCUT2D eigenvalue weighted by Gasteiger charge is -2.04. The molecule has 0 amide bonds. The van der Waals surface area contributed by atoms with Crippen LogP contribution in [-0.4, -0.2) is 35.5 Å². The summed E-state index contributed by atoms with van der Waals surface area (Å²) in [5.74, 6) is -2.93. The van der Waals surface area contributed by atoms with E-state index in [1.165, 1.54) is 6.20 Å². The van der Waals surface area contributed by atoms with Gasteiger partial charge in [-0.25, -0.2) is 0 Å². The van der Waals surface area contributed by atoms with Gasteiger partial charge < -0.3 is 9.88 Å². The Hall–Kier alpha value is -2.33. The first-order valence-electron chi connectivity index (χ1n) is 6.31. The second-order valence-corrected chi connectivity index (χ2v) is 5.82. The number of carbonyl (C=O) groups is 1. The highest BCUT2D eigenvalue weighted by Gasteiger charge is 2.15. The molecule has 0 fully saturated rings. The number of ketones is 1. The molecule has 0 atom stereocenters. The zero-order valence-electron chi connectivity index (χ0n) is 11.9. The third-order valence-corrected chi connectivity index (χ3v) is 3.52. The average molecular weight is 321 g/mol. The largest absolute Gasteiger partial charge is 0.382 e. The Morgan fingerprint density at radius 1 is 1.41 bits per heavy atom. The molecule has 0 aliphatic heterocycles. The highest BCUT2D eigenvalue weighted by Crippen LogP contribution is 2.28. The molecule has 0 aliphatic rings. The third-order valence-electron chi connectivity index (χ3n) is 2.81. The Balaban J connectivity index is 2.37. The van der Waals surface area contributed by atoms with Gasteiger partial charge in [-0.2, -0.15) is 14.0 Å². The lowest BCUT2D eigenvalue weighted by Crippen LogP contribution is -2.09. The Bertz CT molecular complexity index is 775. The van der Waals surface area contributed by atoms with E-state index in [1.54, 1.807) is 43.3 Å². The zero-order chi connectivity index (χ0) is 16.3. The van der Waals surface area contributed by atoms with Crippen LogP contribution in [0.25, 0.3) is 10.9 Å². The van der Waals surface area contributed by atoms with Crippen molar-refractivity contribution in [3.8, 4) is 6.07 Å². The van der Waals surface area contributed by atoms with Crippen molar-refractivity contribution in [2.45, 2.75) is 10.7 Å². The number of allylic oxidation sites excluding steroid dienone is 1. The van der Waals surface area contributed by atoms with Crippen LogP contribution in [0.1, 0.15) is 10.5 Å². The molecule has 0 spiro atoms. The number of carbonyl (C=O) groups excluding carboxylic acids is 1. The Morgan fingerprint density at radius 3 is 2.73 bits per heavy atom. The highest BCUT2D eigenvalue weighted by atomic mass is 32.2. The molecule has 2 rings (SSSR count). The molecular weight excluding hydrogens is 308 g/mol. The molecule has 4 nitrogen and oxygen atoms in total. The monoisotopic (exact) mass is 321 g/mol. The molecule has 0 saturated heterocycles. The molecule has 0 radical (unpaired) electrons. The number of halogens is 2. The van der Waals surface area contributed by atoms with Crippen LogP contribution in [0, 0.1) is 11.3 Å². The van der Waals surface area contributed by atoms with Gasteiger partial charge in [0, 0.05) is 36.1 Å². The number of hydrogen-bond donors (Lipinski definition) is 1. The van der Waals surface area contributed by atoms with Gasteiger partial charge in [-0.1, -0.05) is 11.8 Å². The smallest absolute Gasteiger partial charge is 0.288 e. The summed E-state index contributed by atoms with van der Waals surface area (Å²) in [6.07, 6.45) is 1.44. The Labute approximate surface area is 130 Å². The van der Waals surface area contributed by atoms with E-state index in [4.69, 9.17) is 5.26 Å². The second kappa shape index (κ2) is 6.62. The number of rotatable bonds is 5. The molecule has 1 aromatic carbocycles. The third kappa shape index (κ3) is 3.65. The van der Waals surface area contributed by atoms with E-state index in [2.05, 4.69) is 4.98 Å². The molecule has 1 aromatic heterocycles. The van der Waals surface area contributed by atoms with Crippen LogP contribution in [0.3, 0.4) is 0 Å². The lowest BCUT2D eigenvalue weighted by molar-refractivity contribution is 0.103. The average Bonchev–Trinajstić information content (AvgIpc) is 2.86. The molecular formula is C15H13F2N3OS. The van der Waals surface area contributed by atoms with Crippen molar-refractivity contribution < 1.29 is 13.6 Å². The standard InChI is InChI=1S/C15H13F2N3OS/c1-20(2)8-10(7-18)14(21)13-6-9-5-11(22-15(16)17)3-4-12(9)19-13/h3-6,8,15,19H,1-2H3/b10-8+. The first-order valence-corrected chi connectivity index (χ1v) is 7.19. The van der Waals surface area contributed by atoms with E-state index in [9.17, 15) is 13.6 Å². The number of thioether (sulfide) groups is 1. The van der Waals surface area contributed by atoms with Gasteiger partial charge in [0.1, 0.15) is 11.6 Å². The molecule has 114 valence electrons. The maximum Gasteiger partial charge on any atom is 0.288 e. The number of Topliss-reactive ketones (excluding diaryl/α,β-unsaturated/α-hetero) is 1. The van der Waals surface area contributed by atoms with Crippen molar-refractivity contribution in [3.05, 3.63) is 41.7 Å². The molecule has 0 unspecified atom stereocenters. The van der Waals surface area contributed by atoms with Crippen LogP contribution in [0.4, 0.5) is 8.78 Å². The van der Waals surface area contributed by atoms with E-state index in [1.807, 2.05) is 6.07 Å². The number of nitrogens with zero attached hydrogens (tertiary/aromatic N) is 2. The SMILES string of the molecule is CN(C)/C=C(\C#N)C(=O)c1cc2cc(SC(F)F)ccc2[nH]1. The van der Waals surface area contributed by atoms with Gasteiger partial charge in [0.15, 0.2) is 0 Å². The van der Waals surface area contributed by atoms with Gasteiger partial charge in [-0.15, -0.1) is 0 Å². The van der Waals surface area contributed by atoms with Crippen molar-refractivity contribution >= 4 is 28.4 Å². The van der Waals surface area contributed by atoms with Gasteiger partial charge in [0.05, 0.1) is 5.69 Å². The number of benzene rings is 1. The summed E-state index contributed by atoms with van der Waals surface area (Å²) in [6, 6.07) is 8.21. The summed E-state index contributed by atoms with van der Waals surface area (Å²) in [4.78, 5) is 17.2. The Kier molecular flexibility index (Phi) is 4.83. The predicted molar refractivity (Wildman–Crippen MR) is 81.9 cm³/mol. The van der Waals surface area contributed by atoms with E-state index < -0.39 is 11.5 Å². The zero-order valence-corrected chi connectivity index (χ0v) is 12.7. The maximum absolute atomic E-state index is 12.4. The number of nitrogens with one attached hydrogen (secondary N) is 1. The summed E-state index contributed by atoms with van der Waals surface area (Å²) in [5.41, 5.74) is 0.909. The number of fused-ring (bicyclic) bond motifs is 1. The quantitative estimate of drug-likeness (QED) is 0.395. The summed E-state index contributed by atoms with van der Waals surface area (Å²) >= 11 is 0.448. The van der Waals surface area contributed by atoms with Crippen LogP contribution >= 0.6 is 11.8 Å². The van der Waals surface area contributed by atoms with E-state index in [0.29, 0.717) is 27.6 Å². The number of nitriles is 1. The van der Waals surface area contributed by atoms with Crippen molar-refractivity contribution in [1.29, 1.82) is 5.26 Å². The molecule has 1 heterocycles. The molecule has 0 saturated carbocycles. The lowest BCUT2D eigenvalue weighted by atomic mass is 10.1. The number of H-pyrrole nitrogens is 1. The molecule has 0 bridgehead atoms. The van der Waals surface area contributed by atoms with E-state index in [-0.39, 0.29) is 11.3 Å². The predicted octanol–water partition coefficient (Wildman–Crippen LogP) is 3.63. The minimum Gasteiger partial charge on any atom is -0.382 e. The van der Waals surface area contributed by atoms with Crippen molar-refractivity contribution in [3.63, 3.8) is 0 Å². The Morgan fingerprint density at radius 2 is 2.14 bits per heavy atom. The van der Waals surface area contributed by atoms with Gasteiger partial charge in [0.2, 0.25) is 5.78 Å². The molecule has 22 heavy (non-hydrogen) atoms. The number of aromatic amines is 1. The van der Waals surface area contributed by atoms with Crippen LogP contribution in [0.15, 0.2) is 40.9 Å². The minimum absolute atomic E-state index is 0.00117. The second-order valence-electron chi connectivity index (χ2n) is 4.76. The van der Waals surface area contributed by atoms with Gasteiger partial charge >= 0.3 is 0 Å². The molecule has 1 N–H and O–H groups in total. The fourth-order valence-electron chi connectivity index (χ4n) is 1.95. The highest BCUT2D eigenvalue weighted by molar-refractivity contribution is 7.99. The van der Waals surface area contributed by atoms with E-state index >= 15 is 0 Å². The van der Waals surface area contributed by atoms with Crippen LogP contribution in [-0.2, 0) is 0 Å². The van der Waals surface area contributed by atoms with Crippen molar-refractivity contribution in [1.82, 2.24) is 9.88 Å². The van der Waals surface area contributed by atoms with Gasteiger partial charge in [0.25, 0.3) is 5.76 Å². The summed E-state index contributed by atoms with van der Waals surface area (Å²) < 4.78 is 24.8. The minimum atomic E-state index is -2.49. The topological polar surface area (TPSA) is 59.9 Å². The molecule has 7 heteroatoms. The van der Waals surface area contributed by atoms with Gasteiger partial charge in [-0.3, -0.25) is 4.79 Å². The molecule has 2 aromatic rings. The van der Waals surface area contributed by atoms with Crippen molar-refractivity contribution in [2.75, 3.05) is 14.1 Å². The fourth-order valence-corrected chi connectivity index (χ4v) is 2.50. The first kappa shape index (κ1) is 16.0. The normalized spacial score (nSPS) is 11.7. The number of alkyl halides is 2. The van der Waals surface area contributed by atoms with Crippen LogP contribution in [0.5, 0.6) is 0 Å². The van der Waals surface area contributed by atoms with Crippen LogP contribution < -0.4 is 0 Å². The van der Waals surface area contributed by atoms with Gasteiger partial charge in [-0.05, 0) is 24.3 Å². The molecule has 0 aliphatic carbocycles. The summed E-state index contributed by atoms with van der Waals surface area (Å²) in [7, 11) is 3.42. The van der Waals surface area contributed by atoms with Crippen LogP contribution in [0.2, 0.25) is 0 Å². The summed E-state index contributed by atoms with van der Waals surface area (Å²) in [5, 5.41) is 9.71. The summed E-state index contributed by atoms with van der Waals surface area (Å²) in [6.45, 7) is 0. The fraction of sp³-hybridized carbons (Fsp3) is 0.200. The van der Waals surface area contributed by atoms with Crippen molar-refractivity contribution in [2.24, 2.45) is 0 Å². The number of aromatic nitrogens is 1. The maximum atomic E-state index is 12.4. The van der Waals surface area contributed by atoms with E-state index in [0.717, 1.165) is 0 Å².